The number of allylic oxidation sites excluding steroid dienone is 1. The molecule has 36 heavy (non-hydrogen) atoms. The van der Waals surface area contributed by atoms with E-state index < -0.39 is 0 Å². The average Bonchev–Trinajstić information content (AvgIpc) is 2.93. The monoisotopic (exact) mass is 586 g/mol. The predicted molar refractivity (Wildman–Crippen MR) is 112 cm³/mol. The Hall–Kier alpha value is -2.60. The minimum atomic E-state index is -0.386. The molecule has 0 heterocycles. The van der Waals surface area contributed by atoms with Gasteiger partial charge in [-0.3, -0.25) is 4.79 Å². The van der Waals surface area contributed by atoms with Crippen molar-refractivity contribution >= 4 is 5.97 Å². The molecule has 0 amide bonds. The maximum atomic E-state index is 11.2. The van der Waals surface area contributed by atoms with Crippen LogP contribution in [-0.2, 0) is 71.0 Å². The number of ether oxygens (including phenoxy) is 1. The summed E-state index contributed by atoms with van der Waals surface area (Å²) < 4.78 is 50.3. The van der Waals surface area contributed by atoms with Gasteiger partial charge in [-0.15, -0.1) is 0 Å². The van der Waals surface area contributed by atoms with Crippen molar-refractivity contribution in [3.8, 4) is 11.8 Å². The minimum Gasteiger partial charge on any atom is 0 e. The molecule has 1 aromatic carbocycles. The zero-order valence-electron chi connectivity index (χ0n) is 19.3. The summed E-state index contributed by atoms with van der Waals surface area (Å²) in [4.78, 5) is 11.2. The Morgan fingerprint density at radius 3 is 1.69 bits per heavy atom. The van der Waals surface area contributed by atoms with Crippen LogP contribution in [0.15, 0.2) is 42.5 Å². The number of carbonyl (C=O) groups is 1. The van der Waals surface area contributed by atoms with Gasteiger partial charge in [-0.05, 0) is 44.2 Å². The van der Waals surface area contributed by atoms with E-state index >= 15 is 0 Å². The first kappa shape index (κ1) is 54.3. The maximum absolute atomic E-state index is 11.2. The van der Waals surface area contributed by atoms with Gasteiger partial charge < -0.3 is 9.84 Å². The number of rotatable bonds is 8. The van der Waals surface area contributed by atoms with Crippen LogP contribution < -0.4 is 0 Å². The van der Waals surface area contributed by atoms with E-state index in [1.165, 1.54) is 6.92 Å². The van der Waals surface area contributed by atoms with Crippen molar-refractivity contribution in [2.24, 2.45) is 0 Å². The van der Waals surface area contributed by atoms with Crippen molar-refractivity contribution in [2.75, 3.05) is 6.61 Å². The molecule has 0 aliphatic rings. The number of carbonyl (C=O) groups excluding carboxylic acids is 1. The summed E-state index contributed by atoms with van der Waals surface area (Å²) in [7, 11) is 0. The molecule has 1 N–H and O–H groups in total. The van der Waals surface area contributed by atoms with Crippen molar-refractivity contribution in [2.45, 2.75) is 45.1 Å². The quantitative estimate of drug-likeness (QED) is 0.163. The Balaban J connectivity index is -0.0000000816. The largest absolute Gasteiger partial charge is 0 e. The summed E-state index contributed by atoms with van der Waals surface area (Å²) in [6, 6.07) is 9.64. The fraction of sp³-hybridized carbons (Fsp3) is 0.320. The molecule has 0 fully saturated rings. The van der Waals surface area contributed by atoms with E-state index in [0.717, 1.165) is 36.8 Å². The standard InChI is InChI=1S/C19H24O3.6CO.2Co/c1-16(9-7-15-20)8-6-12-19(22-17(2)21)14-13-18-10-4-3-5-11-18;6*1-2;;/h3-5,10-11,19-20H,1,6-9,12,15H2,2H3;;;;;;;;. The third kappa shape index (κ3) is 48.7. The summed E-state index contributed by atoms with van der Waals surface area (Å²) in [5.41, 5.74) is 2.03. The van der Waals surface area contributed by atoms with Crippen LogP contribution in [0.3, 0.4) is 0 Å². The number of esters is 1. The van der Waals surface area contributed by atoms with E-state index in [0.29, 0.717) is 6.42 Å². The van der Waals surface area contributed by atoms with E-state index in [-0.39, 0.29) is 52.2 Å². The van der Waals surface area contributed by atoms with Crippen LogP contribution in [0.2, 0.25) is 0 Å². The fourth-order valence-electron chi connectivity index (χ4n) is 2.04. The molecule has 0 aromatic heterocycles. The summed E-state index contributed by atoms with van der Waals surface area (Å²) in [5, 5.41) is 8.79. The van der Waals surface area contributed by atoms with Crippen molar-refractivity contribution in [3.63, 3.8) is 0 Å². The van der Waals surface area contributed by atoms with Crippen LogP contribution in [0.5, 0.6) is 0 Å². The smallest absolute Gasteiger partial charge is 0 e. The molecule has 0 bridgehead atoms. The van der Waals surface area contributed by atoms with E-state index in [1.807, 2.05) is 30.3 Å². The second kappa shape index (κ2) is 58.3. The average molecular weight is 586 g/mol. The Morgan fingerprint density at radius 2 is 1.31 bits per heavy atom. The van der Waals surface area contributed by atoms with Gasteiger partial charge >= 0.3 is 73.8 Å². The molecule has 1 unspecified atom stereocenters. The number of aliphatic hydroxyl groups excluding tert-OH is 1. The number of hydrogen-bond donors (Lipinski definition) is 1. The van der Waals surface area contributed by atoms with Gasteiger partial charge in [0.1, 0.15) is 0 Å². The van der Waals surface area contributed by atoms with E-state index in [4.69, 9.17) is 37.8 Å². The van der Waals surface area contributed by atoms with Crippen LogP contribution in [0.4, 0.5) is 0 Å². The van der Waals surface area contributed by atoms with Crippen molar-refractivity contribution in [1.82, 2.24) is 0 Å². The third-order valence-electron chi connectivity index (χ3n) is 3.14. The van der Waals surface area contributed by atoms with E-state index in [9.17, 15) is 4.79 Å². The topological polar surface area (TPSA) is 166 Å². The molecule has 9 nitrogen and oxygen atoms in total. The molecule has 2 radical (unpaired) electrons. The molecule has 1 atom stereocenters. The van der Waals surface area contributed by atoms with Crippen molar-refractivity contribution in [1.29, 1.82) is 0 Å². The zero-order chi connectivity index (χ0) is 28.2. The summed E-state index contributed by atoms with van der Waals surface area (Å²) >= 11 is 0. The SMILES string of the molecule is C=C(CCCO)CCCC(C#Cc1ccccc1)OC(C)=O.[C-]#[O+].[C-]#[O+].[C-]#[O+].[C-]#[O+].[C-]#[O+].[C-]#[O+].[Co].[Co]. The molecule has 0 saturated heterocycles. The van der Waals surface area contributed by atoms with Gasteiger partial charge in [0.25, 0.3) is 0 Å². The van der Waals surface area contributed by atoms with Crippen LogP contribution in [-0.4, -0.2) is 23.8 Å². The van der Waals surface area contributed by atoms with Crippen LogP contribution in [0.25, 0.3) is 0 Å². The molecule has 0 aliphatic heterocycles. The second-order valence-electron chi connectivity index (χ2n) is 5.20. The Bertz CT molecular complexity index is 738. The number of hydrogen-bond acceptors (Lipinski definition) is 3. The van der Waals surface area contributed by atoms with Gasteiger partial charge in [0.2, 0.25) is 0 Å². The number of aliphatic hydroxyl groups is 1. The fourth-order valence-corrected chi connectivity index (χ4v) is 2.04. The summed E-state index contributed by atoms with van der Waals surface area (Å²) in [5.74, 6) is 5.75. The molecular formula is C25H24Co2O9. The first-order chi connectivity index (χ1) is 16.6. The Kier molecular flexibility index (Phi) is 88.1. The third-order valence-corrected chi connectivity index (χ3v) is 3.14. The van der Waals surface area contributed by atoms with Crippen molar-refractivity contribution in [3.05, 3.63) is 87.9 Å². The minimum absolute atomic E-state index is 0. The normalized spacial score (nSPS) is 7.17. The molecule has 0 spiro atoms. The van der Waals surface area contributed by atoms with E-state index in [2.05, 4.69) is 58.3 Å². The van der Waals surface area contributed by atoms with Crippen LogP contribution in [0, 0.1) is 51.7 Å². The van der Waals surface area contributed by atoms with Gasteiger partial charge in [0.15, 0.2) is 6.10 Å². The van der Waals surface area contributed by atoms with Crippen LogP contribution in [0.1, 0.15) is 44.6 Å². The van der Waals surface area contributed by atoms with E-state index in [1.54, 1.807) is 0 Å². The van der Waals surface area contributed by atoms with Crippen LogP contribution >= 0.6 is 0 Å². The van der Waals surface area contributed by atoms with Gasteiger partial charge in [0.05, 0.1) is 0 Å². The zero-order valence-corrected chi connectivity index (χ0v) is 21.4. The van der Waals surface area contributed by atoms with Gasteiger partial charge in [-0.2, -0.15) is 0 Å². The molecule has 1 aromatic rings. The first-order valence-corrected chi connectivity index (χ1v) is 8.85. The van der Waals surface area contributed by atoms with Gasteiger partial charge in [-0.25, -0.2) is 0 Å². The molecule has 11 heteroatoms. The second-order valence-corrected chi connectivity index (χ2v) is 5.20. The maximum Gasteiger partial charge on any atom is 0 e. The Morgan fingerprint density at radius 1 is 0.889 bits per heavy atom. The molecular weight excluding hydrogens is 562 g/mol. The van der Waals surface area contributed by atoms with Gasteiger partial charge in [-0.1, -0.05) is 42.2 Å². The molecule has 1 rings (SSSR count). The molecule has 0 aliphatic carbocycles. The number of benzene rings is 1. The molecule has 0 saturated carbocycles. The summed E-state index contributed by atoms with van der Waals surface area (Å²) in [6.07, 6.45) is 3.63. The van der Waals surface area contributed by atoms with Crippen molar-refractivity contribution < 1.29 is 76.1 Å². The molecule has 196 valence electrons. The Labute approximate surface area is 233 Å². The summed E-state index contributed by atoms with van der Waals surface area (Å²) in [6.45, 7) is 32.6. The first-order valence-electron chi connectivity index (χ1n) is 8.85. The van der Waals surface area contributed by atoms with Gasteiger partial charge in [0, 0.05) is 52.7 Å². The predicted octanol–water partition coefficient (Wildman–Crippen LogP) is 3.24.